The number of nitrogens with two attached hydrogens (primary N) is 1. The van der Waals surface area contributed by atoms with Crippen LogP contribution in [0.15, 0.2) is 24.4 Å². The molecule has 6 unspecified atom stereocenters. The Morgan fingerprint density at radius 2 is 2.05 bits per heavy atom. The molecule has 1 saturated heterocycles. The summed E-state index contributed by atoms with van der Waals surface area (Å²) in [4.78, 5) is 11.3. The van der Waals surface area contributed by atoms with E-state index in [-0.39, 0.29) is 29.2 Å². The average molecular weight is 584 g/mol. The lowest BCUT2D eigenvalue weighted by molar-refractivity contribution is -0.386. The Bertz CT molecular complexity index is 1130. The number of thiol groups is 1. The Morgan fingerprint density at radius 3 is 2.70 bits per heavy atom. The van der Waals surface area contributed by atoms with Gasteiger partial charge < -0.3 is 35.3 Å². The first kappa shape index (κ1) is 32.2. The minimum Gasteiger partial charge on any atom is -0.458 e. The molecule has 5 N–H and O–H groups in total. The number of hydrogen-bond donors (Lipinski definition) is 5. The molecule has 2 heterocycles. The summed E-state index contributed by atoms with van der Waals surface area (Å²) in [5.74, 6) is -0.161. The molecule has 0 amide bonds. The first-order chi connectivity index (χ1) is 18.7. The molecular weight excluding hydrogens is 542 g/mol. The summed E-state index contributed by atoms with van der Waals surface area (Å²) in [6.07, 6.45) is -2.37. The van der Waals surface area contributed by atoms with E-state index in [9.17, 15) is 25.4 Å². The fourth-order valence-corrected chi connectivity index (χ4v) is 4.55. The summed E-state index contributed by atoms with van der Waals surface area (Å²) in [6, 6.07) is 4.64. The summed E-state index contributed by atoms with van der Waals surface area (Å²) < 4.78 is 18.2. The van der Waals surface area contributed by atoms with Crippen molar-refractivity contribution in [1.29, 1.82) is 0 Å². The van der Waals surface area contributed by atoms with Crippen molar-refractivity contribution in [2.45, 2.75) is 82.3 Å². The topological polar surface area (TPSA) is 188 Å². The van der Waals surface area contributed by atoms with E-state index < -0.39 is 40.9 Å². The van der Waals surface area contributed by atoms with Gasteiger partial charge in [-0.25, -0.2) is 0 Å². The van der Waals surface area contributed by atoms with Gasteiger partial charge in [-0.15, -0.1) is 5.10 Å². The van der Waals surface area contributed by atoms with Gasteiger partial charge in [0, 0.05) is 24.1 Å². The zero-order chi connectivity index (χ0) is 29.7. The lowest BCUT2D eigenvalue weighted by Crippen LogP contribution is -2.51. The van der Waals surface area contributed by atoms with Gasteiger partial charge in [-0.2, -0.15) is 12.6 Å². The molecule has 0 saturated carbocycles. The molecule has 0 radical (unpaired) electrons. The van der Waals surface area contributed by atoms with Crippen LogP contribution in [-0.2, 0) is 22.4 Å². The molecule has 40 heavy (non-hydrogen) atoms. The van der Waals surface area contributed by atoms with Crippen LogP contribution in [0.1, 0.15) is 51.3 Å². The standard InChI is InChI=1S/C26H41N5O8S/c1-16(7-18-10-30(29-28-18)13-26(4,40)15-37-14-25(2,3)12-27)17-5-6-21(19(8-17)31(35)36)38-23-9-20(33)24(34)22(11-32)39-23/h5-6,8,10,16,20,22-24,32-34,40H,7,9,11-15,27H2,1-4H3. The van der Waals surface area contributed by atoms with Gasteiger partial charge in [-0.1, -0.05) is 32.1 Å². The van der Waals surface area contributed by atoms with Gasteiger partial charge in [-0.3, -0.25) is 14.8 Å². The second-order valence-electron chi connectivity index (χ2n) is 11.6. The van der Waals surface area contributed by atoms with Crippen molar-refractivity contribution < 1.29 is 34.5 Å². The lowest BCUT2D eigenvalue weighted by atomic mass is 9.95. The lowest BCUT2D eigenvalue weighted by Gasteiger charge is -2.35. The first-order valence-electron chi connectivity index (χ1n) is 13.2. The summed E-state index contributed by atoms with van der Waals surface area (Å²) in [5, 5.41) is 49.6. The van der Waals surface area contributed by atoms with E-state index >= 15 is 0 Å². The molecule has 13 nitrogen and oxygen atoms in total. The zero-order valence-electron chi connectivity index (χ0n) is 23.3. The number of hydrogen-bond acceptors (Lipinski definition) is 12. The minimum absolute atomic E-state index is 0.0395. The van der Waals surface area contributed by atoms with Crippen LogP contribution in [-0.4, -0.2) is 91.0 Å². The van der Waals surface area contributed by atoms with E-state index in [1.165, 1.54) is 12.1 Å². The molecule has 1 aliphatic heterocycles. The smallest absolute Gasteiger partial charge is 0.311 e. The summed E-state index contributed by atoms with van der Waals surface area (Å²) in [5.41, 5.74) is 6.82. The van der Waals surface area contributed by atoms with Crippen LogP contribution < -0.4 is 10.5 Å². The number of nitrogens with zero attached hydrogens (tertiary/aromatic N) is 4. The first-order valence-corrected chi connectivity index (χ1v) is 13.6. The summed E-state index contributed by atoms with van der Waals surface area (Å²) in [7, 11) is 0. The van der Waals surface area contributed by atoms with Gasteiger partial charge in [0.05, 0.1) is 47.8 Å². The molecule has 1 fully saturated rings. The Labute approximate surface area is 239 Å². The Morgan fingerprint density at radius 1 is 1.32 bits per heavy atom. The Hall–Kier alpha value is -2.33. The van der Waals surface area contributed by atoms with Crippen molar-refractivity contribution in [3.63, 3.8) is 0 Å². The summed E-state index contributed by atoms with van der Waals surface area (Å²) >= 11 is 4.73. The highest BCUT2D eigenvalue weighted by Gasteiger charge is 2.38. The number of ether oxygens (including phenoxy) is 3. The van der Waals surface area contributed by atoms with Crippen LogP contribution >= 0.6 is 12.6 Å². The maximum Gasteiger partial charge on any atom is 0.311 e. The average Bonchev–Trinajstić information content (AvgIpc) is 3.31. The fraction of sp³-hybridized carbons (Fsp3) is 0.692. The number of rotatable bonds is 14. The molecule has 0 bridgehead atoms. The molecule has 14 heteroatoms. The number of nitro groups is 1. The third-order valence-electron chi connectivity index (χ3n) is 6.79. The van der Waals surface area contributed by atoms with E-state index in [2.05, 4.69) is 10.3 Å². The third-order valence-corrected chi connectivity index (χ3v) is 7.06. The second-order valence-corrected chi connectivity index (χ2v) is 12.6. The van der Waals surface area contributed by atoms with Crippen molar-refractivity contribution in [1.82, 2.24) is 15.0 Å². The number of aromatic nitrogens is 3. The Balaban J connectivity index is 1.62. The molecule has 0 spiro atoms. The molecule has 3 rings (SSSR count). The van der Waals surface area contributed by atoms with Crippen molar-refractivity contribution in [2.75, 3.05) is 26.4 Å². The number of nitro benzene ring substituents is 1. The largest absolute Gasteiger partial charge is 0.458 e. The van der Waals surface area contributed by atoms with Gasteiger partial charge in [0.1, 0.15) is 12.2 Å². The van der Waals surface area contributed by atoms with Crippen LogP contribution in [0.2, 0.25) is 0 Å². The second kappa shape index (κ2) is 13.6. The molecule has 1 aromatic heterocycles. The van der Waals surface area contributed by atoms with E-state index in [1.54, 1.807) is 10.7 Å². The number of aliphatic hydroxyl groups is 3. The maximum absolute atomic E-state index is 11.8. The molecule has 1 aliphatic rings. The van der Waals surface area contributed by atoms with Crippen molar-refractivity contribution >= 4 is 18.3 Å². The highest BCUT2D eigenvalue weighted by atomic mass is 32.1. The van der Waals surface area contributed by atoms with Crippen molar-refractivity contribution in [3.05, 3.63) is 45.8 Å². The minimum atomic E-state index is -1.27. The predicted molar refractivity (Wildman–Crippen MR) is 149 cm³/mol. The van der Waals surface area contributed by atoms with Crippen LogP contribution in [0.5, 0.6) is 5.75 Å². The SMILES string of the molecule is CC(Cc1cn(CC(C)(S)COCC(C)(C)CN)nn1)c1ccc(OC2CC(O)C(O)C(CO)O2)c([N+](=O)[O-])c1. The highest BCUT2D eigenvalue weighted by molar-refractivity contribution is 7.81. The molecule has 224 valence electrons. The van der Waals surface area contributed by atoms with Gasteiger partial charge in [0.2, 0.25) is 6.29 Å². The number of benzene rings is 1. The van der Waals surface area contributed by atoms with Crippen LogP contribution in [0, 0.1) is 15.5 Å². The molecule has 6 atom stereocenters. The normalized spacial score (nSPS) is 23.9. The molecule has 0 aliphatic carbocycles. The quantitative estimate of drug-likeness (QED) is 0.123. The predicted octanol–water partition coefficient (Wildman–Crippen LogP) is 1.43. The van der Waals surface area contributed by atoms with Crippen molar-refractivity contribution in [2.24, 2.45) is 11.1 Å². The third kappa shape index (κ3) is 8.83. The Kier molecular flexibility index (Phi) is 10.9. The monoisotopic (exact) mass is 583 g/mol. The van der Waals surface area contributed by atoms with Gasteiger partial charge in [0.25, 0.3) is 0 Å². The molecular formula is C26H41N5O8S. The van der Waals surface area contributed by atoms with E-state index in [1.807, 2.05) is 33.9 Å². The maximum atomic E-state index is 11.8. The number of aliphatic hydroxyl groups excluding tert-OH is 3. The van der Waals surface area contributed by atoms with Gasteiger partial charge in [0.15, 0.2) is 5.75 Å². The summed E-state index contributed by atoms with van der Waals surface area (Å²) in [6.45, 7) is 9.38. The van der Waals surface area contributed by atoms with Gasteiger partial charge in [-0.05, 0) is 37.4 Å². The zero-order valence-corrected chi connectivity index (χ0v) is 24.2. The van der Waals surface area contributed by atoms with Crippen LogP contribution in [0.3, 0.4) is 0 Å². The van der Waals surface area contributed by atoms with Crippen LogP contribution in [0.4, 0.5) is 5.69 Å². The van der Waals surface area contributed by atoms with E-state index in [0.717, 1.165) is 5.69 Å². The van der Waals surface area contributed by atoms with E-state index in [4.69, 9.17) is 32.6 Å². The van der Waals surface area contributed by atoms with Gasteiger partial charge >= 0.3 is 5.69 Å². The van der Waals surface area contributed by atoms with E-state index in [0.29, 0.717) is 38.3 Å². The van der Waals surface area contributed by atoms with Crippen molar-refractivity contribution in [3.8, 4) is 5.75 Å². The van der Waals surface area contributed by atoms with Crippen LogP contribution in [0.25, 0.3) is 0 Å². The fourth-order valence-electron chi connectivity index (χ4n) is 4.31. The molecule has 1 aromatic carbocycles. The molecule has 2 aromatic rings. The highest BCUT2D eigenvalue weighted by Crippen LogP contribution is 2.34.